The molecule has 0 spiro atoms. The molecule has 0 bridgehead atoms. The molecule has 33 heavy (non-hydrogen) atoms. The molecule has 0 aromatic heterocycles. The van der Waals surface area contributed by atoms with Crippen LogP contribution in [0.1, 0.15) is 42.4 Å². The van der Waals surface area contributed by atoms with E-state index in [2.05, 4.69) is 5.32 Å². The summed E-state index contributed by atoms with van der Waals surface area (Å²) in [7, 11) is 0. The first-order valence-electron chi connectivity index (χ1n) is 11.9. The van der Waals surface area contributed by atoms with Gasteiger partial charge < -0.3 is 10.2 Å². The average molecular weight is 441 g/mol. The van der Waals surface area contributed by atoms with Crippen LogP contribution < -0.4 is 5.32 Å². The molecule has 170 valence electrons. The van der Waals surface area contributed by atoms with Gasteiger partial charge in [0.15, 0.2) is 0 Å². The number of carbonyl (C=O) groups is 2. The van der Waals surface area contributed by atoms with Crippen molar-refractivity contribution in [3.8, 4) is 0 Å². The molecule has 1 fully saturated rings. The van der Waals surface area contributed by atoms with Gasteiger partial charge in [-0.2, -0.15) is 0 Å². The molecule has 2 amide bonds. The summed E-state index contributed by atoms with van der Waals surface area (Å²) in [6.45, 7) is 0.405. The fourth-order valence-corrected chi connectivity index (χ4v) is 4.57. The number of carbonyl (C=O) groups excluding carboxylic acids is 2. The van der Waals surface area contributed by atoms with Crippen LogP contribution in [0.25, 0.3) is 0 Å². The van der Waals surface area contributed by atoms with Gasteiger partial charge >= 0.3 is 0 Å². The van der Waals surface area contributed by atoms with Crippen molar-refractivity contribution in [3.63, 3.8) is 0 Å². The number of hydrogen-bond acceptors (Lipinski definition) is 2. The van der Waals surface area contributed by atoms with Crippen LogP contribution in [0, 0.1) is 0 Å². The van der Waals surface area contributed by atoms with Crippen LogP contribution >= 0.6 is 0 Å². The lowest BCUT2D eigenvalue weighted by molar-refractivity contribution is -0.141. The fourth-order valence-electron chi connectivity index (χ4n) is 4.57. The van der Waals surface area contributed by atoms with Gasteiger partial charge in [-0.25, -0.2) is 0 Å². The van der Waals surface area contributed by atoms with E-state index in [9.17, 15) is 9.59 Å². The Labute approximate surface area is 196 Å². The Morgan fingerprint density at radius 3 is 1.85 bits per heavy atom. The van der Waals surface area contributed by atoms with Crippen LogP contribution in [0.5, 0.6) is 0 Å². The summed E-state index contributed by atoms with van der Waals surface area (Å²) < 4.78 is 0. The first-order chi connectivity index (χ1) is 16.2. The van der Waals surface area contributed by atoms with Gasteiger partial charge in [0.1, 0.15) is 6.04 Å². The van der Waals surface area contributed by atoms with E-state index < -0.39 is 6.04 Å². The zero-order chi connectivity index (χ0) is 22.9. The van der Waals surface area contributed by atoms with Crippen LogP contribution in [0.2, 0.25) is 0 Å². The van der Waals surface area contributed by atoms with E-state index in [1.807, 2.05) is 91.0 Å². The van der Waals surface area contributed by atoms with E-state index in [0.717, 1.165) is 42.4 Å². The first-order valence-corrected chi connectivity index (χ1v) is 11.9. The van der Waals surface area contributed by atoms with Crippen LogP contribution in [-0.4, -0.2) is 28.8 Å². The normalized spacial score (nSPS) is 14.5. The first kappa shape index (κ1) is 22.8. The van der Waals surface area contributed by atoms with Crippen LogP contribution in [-0.2, 0) is 29.0 Å². The SMILES string of the molecule is O=C(NC1CCCC1)[C@@H](Cc1ccccc1)N(Cc1ccccc1)C(=O)Cc1ccccc1. The maximum atomic E-state index is 13.6. The van der Waals surface area contributed by atoms with Crippen molar-refractivity contribution in [1.82, 2.24) is 10.2 Å². The third kappa shape index (κ3) is 6.55. The van der Waals surface area contributed by atoms with Crippen molar-refractivity contribution in [3.05, 3.63) is 108 Å². The zero-order valence-electron chi connectivity index (χ0n) is 19.0. The number of nitrogens with one attached hydrogen (secondary N) is 1. The number of amides is 2. The highest BCUT2D eigenvalue weighted by Crippen LogP contribution is 2.20. The van der Waals surface area contributed by atoms with Crippen LogP contribution in [0.15, 0.2) is 91.0 Å². The van der Waals surface area contributed by atoms with Crippen molar-refractivity contribution < 1.29 is 9.59 Å². The highest BCUT2D eigenvalue weighted by molar-refractivity contribution is 5.89. The molecule has 3 aromatic rings. The monoisotopic (exact) mass is 440 g/mol. The lowest BCUT2D eigenvalue weighted by Gasteiger charge is -2.32. The second kappa shape index (κ2) is 11.5. The Bertz CT molecular complexity index is 1020. The molecular formula is C29H32N2O2. The van der Waals surface area contributed by atoms with Crippen molar-refractivity contribution in [2.45, 2.75) is 57.2 Å². The van der Waals surface area contributed by atoms with Crippen LogP contribution in [0.4, 0.5) is 0 Å². The maximum Gasteiger partial charge on any atom is 0.243 e. The standard InChI is InChI=1S/C29H32N2O2/c32-28(21-24-14-6-2-7-15-24)31(22-25-16-8-3-9-17-25)27(20-23-12-4-1-5-13-23)29(33)30-26-18-10-11-19-26/h1-9,12-17,26-27H,10-11,18-22H2,(H,30,33)/t27-/m1/s1. The Morgan fingerprint density at radius 1 is 0.758 bits per heavy atom. The van der Waals surface area contributed by atoms with Gasteiger partial charge in [-0.15, -0.1) is 0 Å². The molecule has 4 rings (SSSR count). The molecule has 1 saturated carbocycles. The molecule has 1 N–H and O–H groups in total. The smallest absolute Gasteiger partial charge is 0.243 e. The summed E-state index contributed by atoms with van der Waals surface area (Å²) >= 11 is 0. The Kier molecular flexibility index (Phi) is 7.91. The molecule has 0 unspecified atom stereocenters. The van der Waals surface area contributed by atoms with Gasteiger partial charge in [-0.1, -0.05) is 104 Å². The summed E-state index contributed by atoms with van der Waals surface area (Å²) in [6, 6.07) is 29.3. The minimum Gasteiger partial charge on any atom is -0.352 e. The molecule has 0 saturated heterocycles. The maximum absolute atomic E-state index is 13.6. The molecule has 3 aromatic carbocycles. The number of nitrogens with zero attached hydrogens (tertiary/aromatic N) is 1. The molecular weight excluding hydrogens is 408 g/mol. The van der Waals surface area contributed by atoms with Crippen molar-refractivity contribution >= 4 is 11.8 Å². The van der Waals surface area contributed by atoms with Gasteiger partial charge in [0.2, 0.25) is 11.8 Å². The summed E-state index contributed by atoms with van der Waals surface area (Å²) in [4.78, 5) is 29.0. The predicted octanol–water partition coefficient (Wildman–Crippen LogP) is 4.93. The van der Waals surface area contributed by atoms with Gasteiger partial charge in [0.25, 0.3) is 0 Å². The summed E-state index contributed by atoms with van der Waals surface area (Å²) in [5, 5.41) is 3.25. The zero-order valence-corrected chi connectivity index (χ0v) is 19.0. The van der Waals surface area contributed by atoms with Gasteiger partial charge in [-0.05, 0) is 29.5 Å². The Balaban J connectivity index is 1.63. The minimum absolute atomic E-state index is 0.0347. The van der Waals surface area contributed by atoms with Crippen molar-refractivity contribution in [1.29, 1.82) is 0 Å². The third-order valence-corrected chi connectivity index (χ3v) is 6.37. The molecule has 0 aliphatic heterocycles. The van der Waals surface area contributed by atoms with Gasteiger partial charge in [0.05, 0.1) is 6.42 Å². The van der Waals surface area contributed by atoms with E-state index in [1.54, 1.807) is 4.90 Å². The summed E-state index contributed by atoms with van der Waals surface area (Å²) in [6.07, 6.45) is 5.09. The molecule has 0 heterocycles. The molecule has 1 aliphatic carbocycles. The molecule has 1 atom stereocenters. The largest absolute Gasteiger partial charge is 0.352 e. The number of hydrogen-bond donors (Lipinski definition) is 1. The fraction of sp³-hybridized carbons (Fsp3) is 0.310. The second-order valence-electron chi connectivity index (χ2n) is 8.87. The van der Waals surface area contributed by atoms with E-state index in [1.165, 1.54) is 0 Å². The van der Waals surface area contributed by atoms with Gasteiger partial charge in [0, 0.05) is 19.0 Å². The van der Waals surface area contributed by atoms with Crippen molar-refractivity contribution in [2.24, 2.45) is 0 Å². The number of rotatable bonds is 9. The molecule has 4 heteroatoms. The summed E-state index contributed by atoms with van der Waals surface area (Å²) in [5.74, 6) is -0.0874. The van der Waals surface area contributed by atoms with E-state index in [4.69, 9.17) is 0 Å². The topological polar surface area (TPSA) is 49.4 Å². The molecule has 1 aliphatic rings. The highest BCUT2D eigenvalue weighted by atomic mass is 16.2. The predicted molar refractivity (Wildman–Crippen MR) is 131 cm³/mol. The Morgan fingerprint density at radius 2 is 1.27 bits per heavy atom. The number of benzene rings is 3. The highest BCUT2D eigenvalue weighted by Gasteiger charge is 2.32. The van der Waals surface area contributed by atoms with Crippen molar-refractivity contribution in [2.75, 3.05) is 0 Å². The van der Waals surface area contributed by atoms with E-state index >= 15 is 0 Å². The third-order valence-electron chi connectivity index (χ3n) is 6.37. The van der Waals surface area contributed by atoms with E-state index in [0.29, 0.717) is 13.0 Å². The van der Waals surface area contributed by atoms with Gasteiger partial charge in [-0.3, -0.25) is 9.59 Å². The average Bonchev–Trinajstić information content (AvgIpc) is 3.36. The molecule has 0 radical (unpaired) electrons. The van der Waals surface area contributed by atoms with E-state index in [-0.39, 0.29) is 24.3 Å². The summed E-state index contributed by atoms with van der Waals surface area (Å²) in [5.41, 5.74) is 3.02. The minimum atomic E-state index is -0.565. The molecule has 4 nitrogen and oxygen atoms in total. The Hall–Kier alpha value is -3.40. The van der Waals surface area contributed by atoms with Crippen LogP contribution in [0.3, 0.4) is 0 Å². The lowest BCUT2D eigenvalue weighted by atomic mass is 10.0. The quantitative estimate of drug-likeness (QED) is 0.513. The lowest BCUT2D eigenvalue weighted by Crippen LogP contribution is -2.52. The second-order valence-corrected chi connectivity index (χ2v) is 8.87.